The monoisotopic (exact) mass is 458 g/mol. The van der Waals surface area contributed by atoms with Crippen molar-refractivity contribution < 1.29 is 27.9 Å². The summed E-state index contributed by atoms with van der Waals surface area (Å²) in [5, 5.41) is 14.2. The molecule has 0 unspecified atom stereocenters. The minimum absolute atomic E-state index is 0.220. The summed E-state index contributed by atoms with van der Waals surface area (Å²) in [5.41, 5.74) is -2.66. The maximum absolute atomic E-state index is 13.9. The average molecular weight is 458 g/mol. The molecule has 2 amide bonds. The predicted molar refractivity (Wildman–Crippen MR) is 110 cm³/mol. The fraction of sp³-hybridized carbons (Fsp3) is 0.227. The van der Waals surface area contributed by atoms with Gasteiger partial charge in [0.05, 0.1) is 12.5 Å². The molecule has 0 bridgehead atoms. The standard InChI is InChI=1S/C22H17F3N4O4/c1-3-11-5-17-27(4-2)22(33)18-20(31)19(30)14(10-29(18)28(17)9-11)21(32)26-8-13-15(24)6-12(23)7-16(13)25/h1,5-7,10-11,31H,4,8-9H2,2H3,(H,26,32)/t11-/m0/s1. The predicted octanol–water partition coefficient (Wildman–Crippen LogP) is 1.42. The van der Waals surface area contributed by atoms with Crippen molar-refractivity contribution in [3.63, 3.8) is 0 Å². The molecule has 0 spiro atoms. The highest BCUT2D eigenvalue weighted by Gasteiger charge is 2.40. The average Bonchev–Trinajstić information content (AvgIpc) is 3.19. The lowest BCUT2D eigenvalue weighted by Crippen LogP contribution is -2.51. The molecule has 1 aromatic carbocycles. The minimum Gasteiger partial charge on any atom is -0.502 e. The van der Waals surface area contributed by atoms with Crippen molar-refractivity contribution in [2.45, 2.75) is 13.5 Å². The largest absolute Gasteiger partial charge is 0.502 e. The van der Waals surface area contributed by atoms with Crippen LogP contribution in [0.2, 0.25) is 0 Å². The van der Waals surface area contributed by atoms with Crippen molar-refractivity contribution in [3.8, 4) is 18.1 Å². The highest BCUT2D eigenvalue weighted by molar-refractivity contribution is 6.00. The summed E-state index contributed by atoms with van der Waals surface area (Å²) < 4.78 is 42.0. The van der Waals surface area contributed by atoms with Crippen molar-refractivity contribution in [2.75, 3.05) is 18.1 Å². The summed E-state index contributed by atoms with van der Waals surface area (Å²) in [5.74, 6) is -3.59. The van der Waals surface area contributed by atoms with Gasteiger partial charge in [0.1, 0.15) is 28.8 Å². The number of carbonyl (C=O) groups is 2. The molecular weight excluding hydrogens is 441 g/mol. The van der Waals surface area contributed by atoms with Gasteiger partial charge in [0.25, 0.3) is 11.8 Å². The van der Waals surface area contributed by atoms with E-state index in [0.29, 0.717) is 18.0 Å². The number of carbonyl (C=O) groups excluding carboxylic acids is 2. The van der Waals surface area contributed by atoms with E-state index in [9.17, 15) is 32.7 Å². The molecule has 2 aromatic rings. The van der Waals surface area contributed by atoms with Crippen LogP contribution in [0.5, 0.6) is 5.75 Å². The number of fused-ring (bicyclic) bond motifs is 3. The van der Waals surface area contributed by atoms with Crippen molar-refractivity contribution in [1.29, 1.82) is 0 Å². The molecule has 1 atom stereocenters. The third-order valence-corrected chi connectivity index (χ3v) is 5.44. The zero-order chi connectivity index (χ0) is 24.0. The van der Waals surface area contributed by atoms with E-state index in [0.717, 1.165) is 6.20 Å². The van der Waals surface area contributed by atoms with Crippen LogP contribution in [0.3, 0.4) is 0 Å². The number of nitrogens with one attached hydrogen (secondary N) is 1. The lowest BCUT2D eigenvalue weighted by molar-refractivity contribution is 0.0763. The Morgan fingerprint density at radius 2 is 1.94 bits per heavy atom. The molecular formula is C22H17F3N4O4. The minimum atomic E-state index is -1.21. The molecule has 0 fully saturated rings. The van der Waals surface area contributed by atoms with E-state index in [1.165, 1.54) is 9.58 Å². The maximum Gasteiger partial charge on any atom is 0.281 e. The van der Waals surface area contributed by atoms with E-state index in [2.05, 4.69) is 11.2 Å². The third-order valence-electron chi connectivity index (χ3n) is 5.44. The van der Waals surface area contributed by atoms with Crippen LogP contribution in [0.1, 0.15) is 33.3 Å². The molecule has 0 saturated heterocycles. The highest BCUT2D eigenvalue weighted by atomic mass is 19.1. The molecule has 11 heteroatoms. The van der Waals surface area contributed by atoms with Gasteiger partial charge in [0.2, 0.25) is 5.43 Å². The van der Waals surface area contributed by atoms with E-state index < -0.39 is 58.1 Å². The quantitative estimate of drug-likeness (QED) is 0.676. The number of amides is 2. The van der Waals surface area contributed by atoms with Gasteiger partial charge in [-0.15, -0.1) is 6.42 Å². The lowest BCUT2D eigenvalue weighted by Gasteiger charge is -2.38. The number of nitrogens with zero attached hydrogens (tertiary/aromatic N) is 3. The Bertz CT molecular complexity index is 1310. The van der Waals surface area contributed by atoms with Gasteiger partial charge < -0.3 is 10.4 Å². The molecule has 170 valence electrons. The number of terminal acetylenes is 1. The number of hydrogen-bond donors (Lipinski definition) is 2. The van der Waals surface area contributed by atoms with Gasteiger partial charge in [-0.05, 0) is 13.0 Å². The summed E-state index contributed by atoms with van der Waals surface area (Å²) in [6.07, 6.45) is 8.25. The first-order valence-electron chi connectivity index (χ1n) is 9.85. The first kappa shape index (κ1) is 22.0. The number of halogens is 3. The Morgan fingerprint density at radius 3 is 2.55 bits per heavy atom. The normalized spacial score (nSPS) is 16.8. The number of rotatable bonds is 4. The number of aromatic nitrogens is 1. The van der Waals surface area contributed by atoms with Crippen LogP contribution < -0.4 is 15.8 Å². The topological polar surface area (TPSA) is 94.9 Å². The Balaban J connectivity index is 1.72. The van der Waals surface area contributed by atoms with Crippen LogP contribution in [0.15, 0.2) is 35.0 Å². The van der Waals surface area contributed by atoms with Crippen LogP contribution in [-0.4, -0.2) is 39.6 Å². The van der Waals surface area contributed by atoms with Gasteiger partial charge in [0, 0.05) is 37.0 Å². The Kier molecular flexibility index (Phi) is 5.37. The van der Waals surface area contributed by atoms with Crippen LogP contribution >= 0.6 is 0 Å². The molecule has 33 heavy (non-hydrogen) atoms. The Labute approximate surface area is 185 Å². The SMILES string of the molecule is C#C[C@H]1C=C2N(CC)C(=O)c3c(O)c(=O)c(C(=O)NCc4c(F)cc(F)cc4F)cn3N2C1. The molecule has 2 N–H and O–H groups in total. The second-order valence-electron chi connectivity index (χ2n) is 7.37. The lowest BCUT2D eigenvalue weighted by atomic mass is 10.1. The van der Waals surface area contributed by atoms with E-state index in [-0.39, 0.29) is 24.7 Å². The van der Waals surface area contributed by atoms with Crippen molar-refractivity contribution in [3.05, 3.63) is 74.7 Å². The van der Waals surface area contributed by atoms with Gasteiger partial charge in [-0.2, -0.15) is 0 Å². The fourth-order valence-electron chi connectivity index (χ4n) is 3.81. The highest BCUT2D eigenvalue weighted by Crippen LogP contribution is 2.31. The second kappa shape index (κ2) is 8.05. The van der Waals surface area contributed by atoms with E-state index in [1.54, 1.807) is 18.0 Å². The first-order chi connectivity index (χ1) is 15.7. The number of hydrogen-bond acceptors (Lipinski definition) is 5. The summed E-state index contributed by atoms with van der Waals surface area (Å²) in [7, 11) is 0. The summed E-state index contributed by atoms with van der Waals surface area (Å²) in [4.78, 5) is 39.6. The van der Waals surface area contributed by atoms with Crippen molar-refractivity contribution >= 4 is 11.8 Å². The van der Waals surface area contributed by atoms with Crippen molar-refractivity contribution in [1.82, 2.24) is 14.9 Å². The maximum atomic E-state index is 13.9. The number of aromatic hydroxyl groups is 1. The fourth-order valence-corrected chi connectivity index (χ4v) is 3.81. The number of pyridine rings is 1. The molecule has 4 rings (SSSR count). The molecule has 8 nitrogen and oxygen atoms in total. The number of benzene rings is 1. The zero-order valence-electron chi connectivity index (χ0n) is 17.2. The van der Waals surface area contributed by atoms with Crippen molar-refractivity contribution in [2.24, 2.45) is 5.92 Å². The molecule has 2 aliphatic heterocycles. The molecule has 0 radical (unpaired) electrons. The van der Waals surface area contributed by atoms with Crippen LogP contribution in [-0.2, 0) is 6.54 Å². The van der Waals surface area contributed by atoms with Crippen LogP contribution in [0, 0.1) is 35.7 Å². The molecule has 0 saturated carbocycles. The van der Waals surface area contributed by atoms with Gasteiger partial charge in [-0.1, -0.05) is 5.92 Å². The molecule has 3 heterocycles. The van der Waals surface area contributed by atoms with Gasteiger partial charge in [-0.25, -0.2) is 17.8 Å². The van der Waals surface area contributed by atoms with Gasteiger partial charge in [-0.3, -0.25) is 24.3 Å². The Hall–Kier alpha value is -4.20. The molecule has 1 aromatic heterocycles. The van der Waals surface area contributed by atoms with E-state index >= 15 is 0 Å². The third kappa shape index (κ3) is 3.49. The van der Waals surface area contributed by atoms with Gasteiger partial charge >= 0.3 is 0 Å². The van der Waals surface area contributed by atoms with Crippen LogP contribution in [0.4, 0.5) is 13.2 Å². The van der Waals surface area contributed by atoms with Gasteiger partial charge in [0.15, 0.2) is 11.4 Å². The van der Waals surface area contributed by atoms with Crippen LogP contribution in [0.25, 0.3) is 0 Å². The Morgan fingerprint density at radius 1 is 1.27 bits per heavy atom. The summed E-state index contributed by atoms with van der Waals surface area (Å²) in [6.45, 7) is 1.48. The zero-order valence-corrected chi connectivity index (χ0v) is 17.2. The molecule has 2 aliphatic rings. The second-order valence-corrected chi connectivity index (χ2v) is 7.37. The smallest absolute Gasteiger partial charge is 0.281 e. The van der Waals surface area contributed by atoms with E-state index in [4.69, 9.17) is 6.42 Å². The van der Waals surface area contributed by atoms with E-state index in [1.807, 2.05) is 0 Å². The first-order valence-corrected chi connectivity index (χ1v) is 9.85. The summed E-state index contributed by atoms with van der Waals surface area (Å²) >= 11 is 0. The molecule has 0 aliphatic carbocycles. The summed E-state index contributed by atoms with van der Waals surface area (Å²) in [6, 6.07) is 0.913.